The number of carbonyl (C=O) groups is 4. The molecule has 1 aromatic carbocycles. The van der Waals surface area contributed by atoms with Crippen LogP contribution in [0, 0.1) is 6.92 Å². The summed E-state index contributed by atoms with van der Waals surface area (Å²) in [7, 11) is 0. The van der Waals surface area contributed by atoms with Gasteiger partial charge in [0, 0.05) is 13.1 Å². The molecule has 4 N–H and O–H groups in total. The van der Waals surface area contributed by atoms with E-state index in [4.69, 9.17) is 10.5 Å². The number of benzene rings is 1. The summed E-state index contributed by atoms with van der Waals surface area (Å²) < 4.78 is 5.30. The molecule has 0 spiro atoms. The average Bonchev–Trinajstić information content (AvgIpc) is 2.77. The molecule has 0 fully saturated rings. The van der Waals surface area contributed by atoms with Gasteiger partial charge in [0.05, 0.1) is 6.42 Å². The molecule has 9 nitrogen and oxygen atoms in total. The smallest absolute Gasteiger partial charge is 0.408 e. The van der Waals surface area contributed by atoms with E-state index in [2.05, 4.69) is 10.6 Å². The molecule has 0 aromatic heterocycles. The monoisotopic (exact) mass is 504 g/mol. The summed E-state index contributed by atoms with van der Waals surface area (Å²) >= 11 is 0. The van der Waals surface area contributed by atoms with Crippen LogP contribution in [0.3, 0.4) is 0 Å². The molecule has 36 heavy (non-hydrogen) atoms. The average molecular weight is 505 g/mol. The van der Waals surface area contributed by atoms with Gasteiger partial charge in [-0.3, -0.25) is 14.4 Å². The maximum absolute atomic E-state index is 13.9. The number of hydrogen-bond acceptors (Lipinski definition) is 5. The summed E-state index contributed by atoms with van der Waals surface area (Å²) in [5.74, 6) is -1.62. The van der Waals surface area contributed by atoms with Crippen molar-refractivity contribution in [3.8, 4) is 0 Å². The first kappa shape index (κ1) is 30.9. The molecule has 0 saturated carbocycles. The maximum atomic E-state index is 13.9. The van der Waals surface area contributed by atoms with Crippen LogP contribution in [0.2, 0.25) is 0 Å². The Morgan fingerprint density at radius 1 is 1.03 bits per heavy atom. The molecule has 1 aromatic rings. The lowest BCUT2D eigenvalue weighted by Gasteiger charge is -2.35. The standard InChI is InChI=1S/C27H44N4O5/c1-7-9-13-17-31(25(34)21(18-22(28)32)30-26(35)36-27(4,5)6)23(24(33)29-16-10-8-2)20-15-12-11-14-19(20)3/h11-12,14-15,21,23H,7-10,13,16-18H2,1-6H3,(H2,28,32)(H,29,33)(H,30,35). The summed E-state index contributed by atoms with van der Waals surface area (Å²) in [6.07, 6.45) is 2.89. The normalized spacial score (nSPS) is 12.8. The Morgan fingerprint density at radius 3 is 2.22 bits per heavy atom. The van der Waals surface area contributed by atoms with Gasteiger partial charge < -0.3 is 26.0 Å². The van der Waals surface area contributed by atoms with Crippen LogP contribution in [0.15, 0.2) is 24.3 Å². The summed E-state index contributed by atoms with van der Waals surface area (Å²) in [5.41, 5.74) is 6.17. The summed E-state index contributed by atoms with van der Waals surface area (Å²) in [5, 5.41) is 5.45. The highest BCUT2D eigenvalue weighted by Crippen LogP contribution is 2.26. The van der Waals surface area contributed by atoms with Crippen molar-refractivity contribution in [2.45, 2.75) is 97.8 Å². The van der Waals surface area contributed by atoms with Crippen LogP contribution >= 0.6 is 0 Å². The van der Waals surface area contributed by atoms with Gasteiger partial charge in [-0.25, -0.2) is 4.79 Å². The fourth-order valence-corrected chi connectivity index (χ4v) is 3.78. The van der Waals surface area contributed by atoms with Gasteiger partial charge in [-0.05, 0) is 51.7 Å². The van der Waals surface area contributed by atoms with E-state index < -0.39 is 42.0 Å². The third kappa shape index (κ3) is 10.7. The number of nitrogens with one attached hydrogen (secondary N) is 2. The number of carbonyl (C=O) groups excluding carboxylic acids is 4. The third-order valence-electron chi connectivity index (χ3n) is 5.55. The molecule has 2 unspecified atom stereocenters. The van der Waals surface area contributed by atoms with Crippen molar-refractivity contribution in [3.05, 3.63) is 35.4 Å². The summed E-state index contributed by atoms with van der Waals surface area (Å²) in [6, 6.07) is 5.20. The molecule has 1 rings (SSSR count). The van der Waals surface area contributed by atoms with Crippen LogP contribution in [0.25, 0.3) is 0 Å². The first-order chi connectivity index (χ1) is 16.9. The van der Waals surface area contributed by atoms with Crippen molar-refractivity contribution in [2.24, 2.45) is 5.73 Å². The van der Waals surface area contributed by atoms with Gasteiger partial charge in [-0.15, -0.1) is 0 Å². The van der Waals surface area contributed by atoms with Crippen LogP contribution in [-0.4, -0.2) is 53.4 Å². The van der Waals surface area contributed by atoms with Gasteiger partial charge in [0.1, 0.15) is 17.7 Å². The lowest BCUT2D eigenvalue weighted by molar-refractivity contribution is -0.143. The van der Waals surface area contributed by atoms with Crippen molar-refractivity contribution >= 4 is 23.8 Å². The van der Waals surface area contributed by atoms with Crippen molar-refractivity contribution in [1.82, 2.24) is 15.5 Å². The van der Waals surface area contributed by atoms with Gasteiger partial charge in [0.2, 0.25) is 17.7 Å². The minimum absolute atomic E-state index is 0.276. The molecule has 0 aliphatic rings. The molecule has 0 aliphatic carbocycles. The van der Waals surface area contributed by atoms with E-state index >= 15 is 0 Å². The Bertz CT molecular complexity index is 881. The highest BCUT2D eigenvalue weighted by atomic mass is 16.6. The van der Waals surface area contributed by atoms with Crippen molar-refractivity contribution in [2.75, 3.05) is 13.1 Å². The summed E-state index contributed by atoms with van der Waals surface area (Å²) in [4.78, 5) is 53.2. The second kappa shape index (κ2) is 15.1. The molecular weight excluding hydrogens is 460 g/mol. The molecule has 9 heteroatoms. The first-order valence-electron chi connectivity index (χ1n) is 12.8. The first-order valence-corrected chi connectivity index (χ1v) is 12.8. The Balaban J connectivity index is 3.46. The molecule has 4 amide bonds. The summed E-state index contributed by atoms with van der Waals surface area (Å²) in [6.45, 7) is 11.8. The van der Waals surface area contributed by atoms with E-state index in [0.717, 1.165) is 31.2 Å². The van der Waals surface area contributed by atoms with E-state index in [0.29, 0.717) is 18.5 Å². The van der Waals surface area contributed by atoms with Gasteiger partial charge >= 0.3 is 6.09 Å². The zero-order valence-electron chi connectivity index (χ0n) is 22.7. The van der Waals surface area contributed by atoms with Gasteiger partial charge in [0.25, 0.3) is 0 Å². The van der Waals surface area contributed by atoms with E-state index in [1.807, 2.05) is 45.0 Å². The largest absolute Gasteiger partial charge is 0.444 e. The lowest BCUT2D eigenvalue weighted by atomic mass is 9.97. The quantitative estimate of drug-likeness (QED) is 0.332. The zero-order valence-corrected chi connectivity index (χ0v) is 22.7. The lowest BCUT2D eigenvalue weighted by Crippen LogP contribution is -2.54. The SMILES string of the molecule is CCCCCN(C(=O)C(CC(N)=O)NC(=O)OC(C)(C)C)C(C(=O)NCCCC)c1ccccc1C. The predicted octanol–water partition coefficient (Wildman–Crippen LogP) is 3.74. The molecular formula is C27H44N4O5. The highest BCUT2D eigenvalue weighted by molar-refractivity contribution is 5.94. The van der Waals surface area contributed by atoms with E-state index in [-0.39, 0.29) is 12.5 Å². The predicted molar refractivity (Wildman–Crippen MR) is 140 cm³/mol. The second-order valence-electron chi connectivity index (χ2n) is 10.0. The molecule has 0 radical (unpaired) electrons. The van der Waals surface area contributed by atoms with Gasteiger partial charge in [0.15, 0.2) is 0 Å². The number of ether oxygens (including phenoxy) is 1. The van der Waals surface area contributed by atoms with Crippen molar-refractivity contribution in [3.63, 3.8) is 0 Å². The fourth-order valence-electron chi connectivity index (χ4n) is 3.78. The fraction of sp³-hybridized carbons (Fsp3) is 0.630. The number of alkyl carbamates (subject to hydrolysis) is 1. The van der Waals surface area contributed by atoms with Crippen LogP contribution in [-0.2, 0) is 19.1 Å². The molecule has 0 heterocycles. The minimum Gasteiger partial charge on any atom is -0.444 e. The minimum atomic E-state index is -1.27. The number of nitrogens with zero attached hydrogens (tertiary/aromatic N) is 1. The Labute approximate surface area is 215 Å². The van der Waals surface area contributed by atoms with Crippen molar-refractivity contribution in [1.29, 1.82) is 0 Å². The van der Waals surface area contributed by atoms with Crippen LogP contribution in [0.4, 0.5) is 4.79 Å². The highest BCUT2D eigenvalue weighted by Gasteiger charge is 2.37. The number of unbranched alkanes of at least 4 members (excludes halogenated alkanes) is 3. The second-order valence-corrected chi connectivity index (χ2v) is 10.0. The van der Waals surface area contributed by atoms with E-state index in [9.17, 15) is 19.2 Å². The number of primary amides is 1. The Kier molecular flexibility index (Phi) is 13.0. The van der Waals surface area contributed by atoms with E-state index in [1.54, 1.807) is 20.8 Å². The van der Waals surface area contributed by atoms with Crippen LogP contribution in [0.5, 0.6) is 0 Å². The molecule has 2 atom stereocenters. The Hall–Kier alpha value is -3.10. The van der Waals surface area contributed by atoms with E-state index in [1.165, 1.54) is 4.90 Å². The number of amides is 4. The maximum Gasteiger partial charge on any atom is 0.408 e. The van der Waals surface area contributed by atoms with Crippen molar-refractivity contribution < 1.29 is 23.9 Å². The molecule has 0 saturated heterocycles. The van der Waals surface area contributed by atoms with Crippen LogP contribution in [0.1, 0.15) is 90.3 Å². The topological polar surface area (TPSA) is 131 Å². The van der Waals surface area contributed by atoms with Gasteiger partial charge in [-0.1, -0.05) is 57.4 Å². The van der Waals surface area contributed by atoms with Gasteiger partial charge in [-0.2, -0.15) is 0 Å². The number of hydrogen-bond donors (Lipinski definition) is 3. The zero-order chi connectivity index (χ0) is 27.3. The molecule has 0 aliphatic heterocycles. The number of nitrogens with two attached hydrogens (primary N) is 1. The molecule has 0 bridgehead atoms. The van der Waals surface area contributed by atoms with Crippen LogP contribution < -0.4 is 16.4 Å². The molecule has 202 valence electrons. The number of rotatable bonds is 14. The Morgan fingerprint density at radius 2 is 1.67 bits per heavy atom. The third-order valence-corrected chi connectivity index (χ3v) is 5.55. The number of aryl methyl sites for hydroxylation is 1.